The molecule has 0 aromatic carbocycles. The molecule has 1 aliphatic heterocycles. The van der Waals surface area contributed by atoms with Gasteiger partial charge in [0.15, 0.2) is 0 Å². The molecule has 0 bridgehead atoms. The molecule has 84 valence electrons. The van der Waals surface area contributed by atoms with Crippen LogP contribution in [0.15, 0.2) is 0 Å². The average molecular weight is 200 g/mol. The lowest BCUT2D eigenvalue weighted by Gasteiger charge is -2.14. The maximum absolute atomic E-state index is 9.70. The van der Waals surface area contributed by atoms with Gasteiger partial charge in [0.1, 0.15) is 0 Å². The first-order chi connectivity index (χ1) is 6.68. The van der Waals surface area contributed by atoms with Gasteiger partial charge in [-0.1, -0.05) is 13.8 Å². The lowest BCUT2D eigenvalue weighted by Crippen LogP contribution is -2.13. The van der Waals surface area contributed by atoms with Crippen molar-refractivity contribution in [1.29, 1.82) is 0 Å². The molecule has 1 aliphatic rings. The number of hydrogen-bond donors (Lipinski definition) is 1. The topological polar surface area (TPSA) is 29.5 Å². The number of aliphatic hydroxyl groups excluding tert-OH is 1. The van der Waals surface area contributed by atoms with E-state index in [1.807, 2.05) is 0 Å². The fourth-order valence-electron chi connectivity index (χ4n) is 1.92. The van der Waals surface area contributed by atoms with Gasteiger partial charge in [0.2, 0.25) is 0 Å². The minimum absolute atomic E-state index is 0.110. The van der Waals surface area contributed by atoms with Crippen LogP contribution < -0.4 is 0 Å². The van der Waals surface area contributed by atoms with E-state index in [0.29, 0.717) is 12.0 Å². The molecule has 0 aliphatic carbocycles. The van der Waals surface area contributed by atoms with Gasteiger partial charge < -0.3 is 9.84 Å². The second-order valence-corrected chi connectivity index (χ2v) is 4.84. The Labute approximate surface area is 87.7 Å². The molecular formula is C12H24O2. The van der Waals surface area contributed by atoms with Gasteiger partial charge in [-0.05, 0) is 44.4 Å². The molecule has 14 heavy (non-hydrogen) atoms. The van der Waals surface area contributed by atoms with E-state index in [9.17, 15) is 5.11 Å². The zero-order valence-electron chi connectivity index (χ0n) is 9.54. The molecule has 0 radical (unpaired) electrons. The van der Waals surface area contributed by atoms with Crippen molar-refractivity contribution < 1.29 is 9.84 Å². The summed E-state index contributed by atoms with van der Waals surface area (Å²) < 4.78 is 5.52. The van der Waals surface area contributed by atoms with E-state index in [0.717, 1.165) is 32.3 Å². The van der Waals surface area contributed by atoms with E-state index in [1.165, 1.54) is 12.8 Å². The van der Waals surface area contributed by atoms with Gasteiger partial charge in [-0.2, -0.15) is 0 Å². The average Bonchev–Trinajstić information content (AvgIpc) is 2.63. The summed E-state index contributed by atoms with van der Waals surface area (Å²) in [7, 11) is 0. The van der Waals surface area contributed by atoms with E-state index in [1.54, 1.807) is 0 Å². The van der Waals surface area contributed by atoms with Crippen LogP contribution in [0.3, 0.4) is 0 Å². The number of rotatable bonds is 6. The summed E-state index contributed by atoms with van der Waals surface area (Å²) in [6, 6.07) is 0. The molecule has 0 saturated carbocycles. The van der Waals surface area contributed by atoms with Crippen molar-refractivity contribution >= 4 is 0 Å². The van der Waals surface area contributed by atoms with Crippen LogP contribution in [-0.4, -0.2) is 23.9 Å². The summed E-state index contributed by atoms with van der Waals surface area (Å²) >= 11 is 0. The number of ether oxygens (including phenoxy) is 1. The predicted octanol–water partition coefficient (Wildman–Crippen LogP) is 2.74. The van der Waals surface area contributed by atoms with Crippen molar-refractivity contribution in [1.82, 2.24) is 0 Å². The highest BCUT2D eigenvalue weighted by Gasteiger charge is 2.16. The van der Waals surface area contributed by atoms with Gasteiger partial charge in [0.05, 0.1) is 12.2 Å². The predicted molar refractivity (Wildman–Crippen MR) is 58.3 cm³/mol. The van der Waals surface area contributed by atoms with E-state index < -0.39 is 0 Å². The molecule has 0 spiro atoms. The molecular weight excluding hydrogens is 176 g/mol. The van der Waals surface area contributed by atoms with Crippen LogP contribution in [0.25, 0.3) is 0 Å². The third-order valence-corrected chi connectivity index (χ3v) is 2.92. The van der Waals surface area contributed by atoms with Gasteiger partial charge in [0, 0.05) is 6.61 Å². The van der Waals surface area contributed by atoms with E-state index in [4.69, 9.17) is 4.74 Å². The van der Waals surface area contributed by atoms with E-state index in [2.05, 4.69) is 13.8 Å². The molecule has 1 N–H and O–H groups in total. The van der Waals surface area contributed by atoms with Gasteiger partial charge >= 0.3 is 0 Å². The molecule has 1 heterocycles. The Bertz CT molecular complexity index is 139. The molecule has 2 heteroatoms. The summed E-state index contributed by atoms with van der Waals surface area (Å²) in [4.78, 5) is 0. The van der Waals surface area contributed by atoms with Crippen molar-refractivity contribution in [2.45, 2.75) is 64.6 Å². The molecule has 0 aromatic rings. The Balaban J connectivity index is 1.99. The first kappa shape index (κ1) is 12.0. The molecule has 1 fully saturated rings. The largest absolute Gasteiger partial charge is 0.393 e. The van der Waals surface area contributed by atoms with Gasteiger partial charge in [-0.25, -0.2) is 0 Å². The standard InChI is InChI=1S/C12H24O2/c1-10(2)5-6-11(13)7-8-12-4-3-9-14-12/h10-13H,3-9H2,1-2H3. The number of hydrogen-bond acceptors (Lipinski definition) is 2. The van der Waals surface area contributed by atoms with Crippen LogP contribution >= 0.6 is 0 Å². The van der Waals surface area contributed by atoms with Crippen molar-refractivity contribution in [2.24, 2.45) is 5.92 Å². The van der Waals surface area contributed by atoms with E-state index >= 15 is 0 Å². The third-order valence-electron chi connectivity index (χ3n) is 2.92. The van der Waals surface area contributed by atoms with Crippen molar-refractivity contribution in [3.63, 3.8) is 0 Å². The third kappa shape index (κ3) is 4.97. The lowest BCUT2D eigenvalue weighted by molar-refractivity contribution is 0.0774. The molecule has 2 nitrogen and oxygen atoms in total. The minimum atomic E-state index is -0.110. The second-order valence-electron chi connectivity index (χ2n) is 4.84. The van der Waals surface area contributed by atoms with Crippen LogP contribution in [0.5, 0.6) is 0 Å². The summed E-state index contributed by atoms with van der Waals surface area (Å²) in [5, 5.41) is 9.70. The van der Waals surface area contributed by atoms with Crippen LogP contribution in [-0.2, 0) is 4.74 Å². The Kier molecular flexibility index (Phi) is 5.49. The minimum Gasteiger partial charge on any atom is -0.393 e. The van der Waals surface area contributed by atoms with Crippen LogP contribution in [0, 0.1) is 5.92 Å². The molecule has 2 atom stereocenters. The number of aliphatic hydroxyl groups is 1. The summed E-state index contributed by atoms with van der Waals surface area (Å²) in [6.07, 6.45) is 6.75. The molecule has 0 aromatic heterocycles. The fourth-order valence-corrected chi connectivity index (χ4v) is 1.92. The first-order valence-corrected chi connectivity index (χ1v) is 5.98. The fraction of sp³-hybridized carbons (Fsp3) is 1.00. The van der Waals surface area contributed by atoms with Crippen molar-refractivity contribution in [3.05, 3.63) is 0 Å². The zero-order valence-corrected chi connectivity index (χ0v) is 9.54. The summed E-state index contributed by atoms with van der Waals surface area (Å²) in [5.74, 6) is 0.701. The molecule has 0 amide bonds. The lowest BCUT2D eigenvalue weighted by atomic mass is 10.0. The zero-order chi connectivity index (χ0) is 10.4. The summed E-state index contributed by atoms with van der Waals surface area (Å²) in [5.41, 5.74) is 0. The highest BCUT2D eigenvalue weighted by atomic mass is 16.5. The molecule has 2 unspecified atom stereocenters. The summed E-state index contributed by atoms with van der Waals surface area (Å²) in [6.45, 7) is 5.33. The second kappa shape index (κ2) is 6.41. The van der Waals surface area contributed by atoms with Gasteiger partial charge in [-0.15, -0.1) is 0 Å². The highest BCUT2D eigenvalue weighted by molar-refractivity contribution is 4.67. The Morgan fingerprint density at radius 3 is 2.64 bits per heavy atom. The maximum Gasteiger partial charge on any atom is 0.0577 e. The van der Waals surface area contributed by atoms with Crippen molar-refractivity contribution in [3.8, 4) is 0 Å². The molecule has 1 rings (SSSR count). The smallest absolute Gasteiger partial charge is 0.0577 e. The van der Waals surface area contributed by atoms with Crippen LogP contribution in [0.2, 0.25) is 0 Å². The Hall–Kier alpha value is -0.0800. The Morgan fingerprint density at radius 2 is 2.07 bits per heavy atom. The van der Waals surface area contributed by atoms with Crippen molar-refractivity contribution in [2.75, 3.05) is 6.61 Å². The maximum atomic E-state index is 9.70. The van der Waals surface area contributed by atoms with Crippen LogP contribution in [0.4, 0.5) is 0 Å². The quantitative estimate of drug-likeness (QED) is 0.714. The highest BCUT2D eigenvalue weighted by Crippen LogP contribution is 2.19. The first-order valence-electron chi connectivity index (χ1n) is 5.98. The SMILES string of the molecule is CC(C)CCC(O)CCC1CCCO1. The monoisotopic (exact) mass is 200 g/mol. The van der Waals surface area contributed by atoms with Gasteiger partial charge in [-0.3, -0.25) is 0 Å². The van der Waals surface area contributed by atoms with Gasteiger partial charge in [0.25, 0.3) is 0 Å². The molecule has 1 saturated heterocycles. The van der Waals surface area contributed by atoms with E-state index in [-0.39, 0.29) is 6.10 Å². The normalized spacial score (nSPS) is 24.4. The Morgan fingerprint density at radius 1 is 1.29 bits per heavy atom. The van der Waals surface area contributed by atoms with Crippen LogP contribution in [0.1, 0.15) is 52.4 Å².